The zero-order chi connectivity index (χ0) is 15.7. The fourth-order valence-electron chi connectivity index (χ4n) is 1.71. The number of ether oxygens (including phenoxy) is 2. The Labute approximate surface area is 124 Å². The number of hydrogen-bond donors (Lipinski definition) is 2. The molecule has 1 amide bonds. The van der Waals surface area contributed by atoms with Crippen molar-refractivity contribution in [1.29, 1.82) is 0 Å². The molecule has 1 rings (SSSR count). The summed E-state index contributed by atoms with van der Waals surface area (Å²) in [5, 5.41) is 5.44. The van der Waals surface area contributed by atoms with Gasteiger partial charge in [-0.1, -0.05) is 30.3 Å². The van der Waals surface area contributed by atoms with E-state index >= 15 is 0 Å². The van der Waals surface area contributed by atoms with Crippen LogP contribution in [0, 0.1) is 0 Å². The molecule has 0 bridgehead atoms. The highest BCUT2D eigenvalue weighted by Crippen LogP contribution is 2.01. The molecule has 0 aliphatic carbocycles. The van der Waals surface area contributed by atoms with E-state index in [1.165, 1.54) is 7.11 Å². The van der Waals surface area contributed by atoms with Crippen LogP contribution in [0.15, 0.2) is 30.3 Å². The first-order valence-electron chi connectivity index (χ1n) is 6.75. The largest absolute Gasteiger partial charge is 0.467 e. The van der Waals surface area contributed by atoms with Crippen molar-refractivity contribution in [2.24, 2.45) is 0 Å². The number of carbonyl (C=O) groups excluding carboxylic acids is 2. The zero-order valence-electron chi connectivity index (χ0n) is 12.6. The van der Waals surface area contributed by atoms with Crippen molar-refractivity contribution in [3.05, 3.63) is 35.9 Å². The molecule has 1 aromatic rings. The summed E-state index contributed by atoms with van der Waals surface area (Å²) in [4.78, 5) is 23.3. The standard InChI is InChI=1S/C15H22N2O4/c1-11(15(19)20-3)17-14(18)13(16-2)10-21-9-12-7-5-4-6-8-12/h4-8,11,13,16H,9-10H2,1-3H3,(H,17,18)/t11-,13-/m1/s1. The van der Waals surface area contributed by atoms with Crippen LogP contribution in [0.2, 0.25) is 0 Å². The first-order chi connectivity index (χ1) is 10.1. The average Bonchev–Trinajstić information content (AvgIpc) is 2.51. The van der Waals surface area contributed by atoms with Crippen LogP contribution in [-0.2, 0) is 25.7 Å². The Balaban J connectivity index is 2.40. The molecule has 0 saturated carbocycles. The third-order valence-corrected chi connectivity index (χ3v) is 2.97. The Hall–Kier alpha value is -1.92. The molecule has 2 N–H and O–H groups in total. The van der Waals surface area contributed by atoms with Crippen molar-refractivity contribution in [2.45, 2.75) is 25.6 Å². The van der Waals surface area contributed by atoms with Gasteiger partial charge in [-0.15, -0.1) is 0 Å². The number of carbonyl (C=O) groups is 2. The minimum Gasteiger partial charge on any atom is -0.467 e. The minimum absolute atomic E-state index is 0.213. The number of likely N-dealkylation sites (N-methyl/N-ethyl adjacent to an activating group) is 1. The van der Waals surface area contributed by atoms with E-state index in [-0.39, 0.29) is 12.5 Å². The van der Waals surface area contributed by atoms with Crippen molar-refractivity contribution in [2.75, 3.05) is 20.8 Å². The van der Waals surface area contributed by atoms with E-state index < -0.39 is 18.1 Å². The van der Waals surface area contributed by atoms with Crippen molar-refractivity contribution < 1.29 is 19.1 Å². The molecule has 0 spiro atoms. The summed E-state index contributed by atoms with van der Waals surface area (Å²) in [5.74, 6) is -0.785. The second-order valence-electron chi connectivity index (χ2n) is 4.60. The van der Waals surface area contributed by atoms with Crippen LogP contribution in [0.1, 0.15) is 12.5 Å². The summed E-state index contributed by atoms with van der Waals surface area (Å²) in [6.07, 6.45) is 0. The summed E-state index contributed by atoms with van der Waals surface area (Å²) in [7, 11) is 2.95. The first-order valence-corrected chi connectivity index (χ1v) is 6.75. The van der Waals surface area contributed by atoms with Gasteiger partial charge in [0.25, 0.3) is 0 Å². The molecule has 116 valence electrons. The van der Waals surface area contributed by atoms with E-state index in [2.05, 4.69) is 15.4 Å². The topological polar surface area (TPSA) is 76.7 Å². The van der Waals surface area contributed by atoms with Crippen molar-refractivity contribution >= 4 is 11.9 Å². The normalized spacial score (nSPS) is 13.3. The highest BCUT2D eigenvalue weighted by molar-refractivity contribution is 5.87. The second-order valence-corrected chi connectivity index (χ2v) is 4.60. The molecule has 0 radical (unpaired) electrons. The minimum atomic E-state index is -0.688. The van der Waals surface area contributed by atoms with Crippen LogP contribution in [0.4, 0.5) is 0 Å². The Kier molecular flexibility index (Phi) is 7.42. The second kappa shape index (κ2) is 9.10. The smallest absolute Gasteiger partial charge is 0.328 e. The van der Waals surface area contributed by atoms with Crippen LogP contribution < -0.4 is 10.6 Å². The fourth-order valence-corrected chi connectivity index (χ4v) is 1.71. The first kappa shape index (κ1) is 17.1. The van der Waals surface area contributed by atoms with Gasteiger partial charge in [0, 0.05) is 0 Å². The van der Waals surface area contributed by atoms with E-state index in [1.807, 2.05) is 30.3 Å². The van der Waals surface area contributed by atoms with Crippen molar-refractivity contribution in [1.82, 2.24) is 10.6 Å². The van der Waals surface area contributed by atoms with Gasteiger partial charge < -0.3 is 20.1 Å². The highest BCUT2D eigenvalue weighted by atomic mass is 16.5. The van der Waals surface area contributed by atoms with Crippen molar-refractivity contribution in [3.63, 3.8) is 0 Å². The number of nitrogens with one attached hydrogen (secondary N) is 2. The van der Waals surface area contributed by atoms with Crippen LogP contribution in [0.5, 0.6) is 0 Å². The molecule has 2 atom stereocenters. The van der Waals surface area contributed by atoms with E-state index in [0.29, 0.717) is 6.61 Å². The lowest BCUT2D eigenvalue weighted by molar-refractivity contribution is -0.145. The summed E-state index contributed by atoms with van der Waals surface area (Å²) in [6.45, 7) is 2.21. The molecule has 0 aliphatic rings. The molecule has 0 aliphatic heterocycles. The Bertz CT molecular complexity index is 450. The molecule has 6 nitrogen and oxygen atoms in total. The summed E-state index contributed by atoms with van der Waals surface area (Å²) < 4.78 is 10.1. The van der Waals surface area contributed by atoms with E-state index in [4.69, 9.17) is 4.74 Å². The summed E-state index contributed by atoms with van der Waals surface area (Å²) in [5.41, 5.74) is 1.04. The lowest BCUT2D eigenvalue weighted by Gasteiger charge is -2.18. The maximum Gasteiger partial charge on any atom is 0.328 e. The quantitative estimate of drug-likeness (QED) is 0.682. The molecule has 0 fully saturated rings. The predicted molar refractivity (Wildman–Crippen MR) is 78.6 cm³/mol. The number of methoxy groups -OCH3 is 1. The fraction of sp³-hybridized carbons (Fsp3) is 0.467. The van der Waals surface area contributed by atoms with Crippen LogP contribution in [0.25, 0.3) is 0 Å². The van der Waals surface area contributed by atoms with Crippen LogP contribution >= 0.6 is 0 Å². The molecule has 1 aromatic carbocycles. The monoisotopic (exact) mass is 294 g/mol. The molecule has 0 unspecified atom stereocenters. The molecule has 21 heavy (non-hydrogen) atoms. The lowest BCUT2D eigenvalue weighted by atomic mass is 10.2. The molecule has 0 saturated heterocycles. The number of hydrogen-bond acceptors (Lipinski definition) is 5. The maximum absolute atomic E-state index is 12.0. The number of amides is 1. The van der Waals surface area contributed by atoms with Gasteiger partial charge in [-0.05, 0) is 19.5 Å². The van der Waals surface area contributed by atoms with Gasteiger partial charge in [-0.2, -0.15) is 0 Å². The molecule has 0 heterocycles. The summed E-state index contributed by atoms with van der Waals surface area (Å²) >= 11 is 0. The third kappa shape index (κ3) is 5.93. The van der Waals surface area contributed by atoms with Gasteiger partial charge in [0.05, 0.1) is 20.3 Å². The Morgan fingerprint density at radius 2 is 1.90 bits per heavy atom. The average molecular weight is 294 g/mol. The van der Waals surface area contributed by atoms with Gasteiger partial charge in [-0.3, -0.25) is 4.79 Å². The van der Waals surface area contributed by atoms with Gasteiger partial charge in [0.1, 0.15) is 12.1 Å². The Morgan fingerprint density at radius 1 is 1.24 bits per heavy atom. The lowest BCUT2D eigenvalue weighted by Crippen LogP contribution is -2.50. The van der Waals surface area contributed by atoms with Gasteiger partial charge in [0.2, 0.25) is 5.91 Å². The summed E-state index contributed by atoms with van der Waals surface area (Å²) in [6, 6.07) is 8.48. The number of benzene rings is 1. The van der Waals surface area contributed by atoms with E-state index in [9.17, 15) is 9.59 Å². The van der Waals surface area contributed by atoms with Gasteiger partial charge in [-0.25, -0.2) is 4.79 Å². The molecular weight excluding hydrogens is 272 g/mol. The number of esters is 1. The van der Waals surface area contributed by atoms with Gasteiger partial charge in [0.15, 0.2) is 0 Å². The molecular formula is C15H22N2O4. The Morgan fingerprint density at radius 3 is 2.48 bits per heavy atom. The van der Waals surface area contributed by atoms with E-state index in [0.717, 1.165) is 5.56 Å². The molecule has 0 aromatic heterocycles. The van der Waals surface area contributed by atoms with E-state index in [1.54, 1.807) is 14.0 Å². The maximum atomic E-state index is 12.0. The number of rotatable bonds is 8. The van der Waals surface area contributed by atoms with Crippen molar-refractivity contribution in [3.8, 4) is 0 Å². The zero-order valence-corrected chi connectivity index (χ0v) is 12.6. The third-order valence-electron chi connectivity index (χ3n) is 2.97. The van der Waals surface area contributed by atoms with Gasteiger partial charge >= 0.3 is 5.97 Å². The molecule has 6 heteroatoms. The highest BCUT2D eigenvalue weighted by Gasteiger charge is 2.22. The predicted octanol–water partition coefficient (Wildman–Crippen LogP) is 0.469. The van der Waals surface area contributed by atoms with Crippen LogP contribution in [0.3, 0.4) is 0 Å². The van der Waals surface area contributed by atoms with Crippen LogP contribution in [-0.4, -0.2) is 44.7 Å². The SMILES string of the molecule is CN[C@H](COCc1ccccc1)C(=O)N[C@H](C)C(=O)OC.